The summed E-state index contributed by atoms with van der Waals surface area (Å²) < 4.78 is 5.30. The van der Waals surface area contributed by atoms with Crippen LogP contribution in [0.2, 0.25) is 0 Å². The highest BCUT2D eigenvalue weighted by atomic mass is 32.2. The zero-order valence-corrected chi connectivity index (χ0v) is 22.3. The first kappa shape index (κ1) is 31.2. The van der Waals surface area contributed by atoms with E-state index in [1.165, 1.54) is 21.6 Å². The molecule has 0 aromatic carbocycles. The van der Waals surface area contributed by atoms with Gasteiger partial charge in [0.25, 0.3) is 0 Å². The van der Waals surface area contributed by atoms with Crippen molar-refractivity contribution in [3.05, 3.63) is 70.5 Å². The van der Waals surface area contributed by atoms with Gasteiger partial charge in [-0.15, -0.1) is 24.9 Å². The molecular weight excluding hydrogens is 402 g/mol. The van der Waals surface area contributed by atoms with Gasteiger partial charge in [-0.1, -0.05) is 58.4 Å². The normalized spacial score (nSPS) is 14.6. The molecule has 0 heterocycles. The summed E-state index contributed by atoms with van der Waals surface area (Å²) in [5.41, 5.74) is 4.81. The Morgan fingerprint density at radius 1 is 1.23 bits per heavy atom. The largest absolute Gasteiger partial charge is 0.501 e. The van der Waals surface area contributed by atoms with Crippen molar-refractivity contribution in [1.29, 1.82) is 0 Å². The Labute approximate surface area is 196 Å². The molecule has 1 N–H and O–H groups in total. The molecule has 0 atom stereocenters. The summed E-state index contributed by atoms with van der Waals surface area (Å²) in [6.45, 7) is 22.6. The summed E-state index contributed by atoms with van der Waals surface area (Å²) in [6, 6.07) is 0. The van der Waals surface area contributed by atoms with Gasteiger partial charge >= 0.3 is 0 Å². The molecule has 1 amide bonds. The Morgan fingerprint density at radius 2 is 1.81 bits per heavy atom. The van der Waals surface area contributed by atoms with Crippen LogP contribution in [0, 0.1) is 11.8 Å². The summed E-state index contributed by atoms with van der Waals surface area (Å²) in [5.74, 6) is 1.73. The third-order valence-electron chi connectivity index (χ3n) is 4.60. The van der Waals surface area contributed by atoms with Gasteiger partial charge in [-0.25, -0.2) is 0 Å². The van der Waals surface area contributed by atoms with Crippen molar-refractivity contribution in [2.45, 2.75) is 68.2 Å². The Balaban J connectivity index is 0. The highest BCUT2D eigenvalue weighted by Gasteiger charge is 2.12. The summed E-state index contributed by atoms with van der Waals surface area (Å²) in [7, 11) is 1.74. The van der Waals surface area contributed by atoms with Gasteiger partial charge < -0.3 is 10.1 Å². The minimum absolute atomic E-state index is 0.0157. The number of methoxy groups -OCH3 is 1. The van der Waals surface area contributed by atoms with E-state index in [-0.39, 0.29) is 11.8 Å². The van der Waals surface area contributed by atoms with Crippen LogP contribution in [0.3, 0.4) is 0 Å². The summed E-state index contributed by atoms with van der Waals surface area (Å²) in [4.78, 5) is 13.0. The number of allylic oxidation sites excluding steroid dienone is 8. The summed E-state index contributed by atoms with van der Waals surface area (Å²) in [5, 5.41) is 2.96. The van der Waals surface area contributed by atoms with E-state index in [1.807, 2.05) is 20.8 Å². The molecule has 0 fully saturated rings. The molecule has 1 aliphatic carbocycles. The standard InChI is InChI=1S/C14H21NOS.C11H20O.C2H4/c1-9(2)14(16)15-12-7-6-10(3)13(17-5)11(4)8-12;1-6-8-10(9(3)4)11(7-2)12-5;1-2/h7-9H,6H2,1-5H3,(H,15,16);6,8-9H,7H2,1-5H3;1-2H2/b;8-6-,11-10-;. The van der Waals surface area contributed by atoms with E-state index in [9.17, 15) is 4.79 Å². The predicted octanol–water partition coefficient (Wildman–Crippen LogP) is 7.96. The molecule has 1 aliphatic rings. The first-order valence-electron chi connectivity index (χ1n) is 11.0. The number of hydrogen-bond donors (Lipinski definition) is 1. The fraction of sp³-hybridized carbons (Fsp3) is 0.519. The smallest absolute Gasteiger partial charge is 0.226 e. The summed E-state index contributed by atoms with van der Waals surface area (Å²) in [6.07, 6.45) is 12.3. The quantitative estimate of drug-likeness (QED) is 0.244. The van der Waals surface area contributed by atoms with Crippen molar-refractivity contribution in [3.8, 4) is 0 Å². The first-order valence-corrected chi connectivity index (χ1v) is 12.2. The van der Waals surface area contributed by atoms with Gasteiger partial charge in [0.1, 0.15) is 0 Å². The molecule has 0 unspecified atom stereocenters. The molecule has 3 nitrogen and oxygen atoms in total. The minimum atomic E-state index is 0.0157. The van der Waals surface area contributed by atoms with E-state index in [0.29, 0.717) is 5.92 Å². The molecule has 0 aromatic heterocycles. The number of thioether (sulfide) groups is 1. The molecule has 0 aliphatic heterocycles. The van der Waals surface area contributed by atoms with Crippen LogP contribution in [0.4, 0.5) is 0 Å². The van der Waals surface area contributed by atoms with Crippen LogP contribution in [0.1, 0.15) is 68.2 Å². The van der Waals surface area contributed by atoms with Crippen LogP contribution in [0.5, 0.6) is 0 Å². The lowest BCUT2D eigenvalue weighted by molar-refractivity contribution is -0.123. The topological polar surface area (TPSA) is 38.3 Å². The molecule has 0 bridgehead atoms. The van der Waals surface area contributed by atoms with Crippen molar-refractivity contribution in [3.63, 3.8) is 0 Å². The molecule has 31 heavy (non-hydrogen) atoms. The Bertz CT molecular complexity index is 701. The van der Waals surface area contributed by atoms with E-state index in [1.54, 1.807) is 18.9 Å². The molecule has 0 radical (unpaired) electrons. The lowest BCUT2D eigenvalue weighted by Gasteiger charge is -2.12. The average molecular weight is 448 g/mol. The van der Waals surface area contributed by atoms with Crippen LogP contribution in [-0.2, 0) is 9.53 Å². The third kappa shape index (κ3) is 11.9. The van der Waals surface area contributed by atoms with E-state index in [2.05, 4.69) is 83.7 Å². The van der Waals surface area contributed by atoms with Crippen molar-refractivity contribution >= 4 is 17.7 Å². The zero-order valence-electron chi connectivity index (χ0n) is 21.5. The second-order valence-electron chi connectivity index (χ2n) is 7.74. The molecule has 1 rings (SSSR count). The fourth-order valence-corrected chi connectivity index (χ4v) is 3.82. The second-order valence-corrected chi connectivity index (χ2v) is 8.56. The van der Waals surface area contributed by atoms with Gasteiger partial charge in [0.15, 0.2) is 0 Å². The van der Waals surface area contributed by atoms with Gasteiger partial charge in [0.05, 0.1) is 12.9 Å². The molecule has 176 valence electrons. The van der Waals surface area contributed by atoms with Crippen LogP contribution < -0.4 is 5.32 Å². The van der Waals surface area contributed by atoms with Crippen molar-refractivity contribution < 1.29 is 9.53 Å². The van der Waals surface area contributed by atoms with Gasteiger partial charge in [0, 0.05) is 22.9 Å². The van der Waals surface area contributed by atoms with Crippen molar-refractivity contribution in [2.75, 3.05) is 13.4 Å². The zero-order chi connectivity index (χ0) is 24.6. The van der Waals surface area contributed by atoms with Gasteiger partial charge in [-0.05, 0) is 56.6 Å². The maximum atomic E-state index is 11.7. The summed E-state index contributed by atoms with van der Waals surface area (Å²) >= 11 is 1.77. The second kappa shape index (κ2) is 17.7. The van der Waals surface area contributed by atoms with Crippen LogP contribution in [-0.4, -0.2) is 19.3 Å². The number of amides is 1. The molecule has 4 heteroatoms. The van der Waals surface area contributed by atoms with Crippen LogP contribution in [0.15, 0.2) is 70.5 Å². The molecule has 0 aromatic rings. The lowest BCUT2D eigenvalue weighted by Crippen LogP contribution is -2.26. The maximum Gasteiger partial charge on any atom is 0.226 e. The number of rotatable bonds is 7. The average Bonchev–Trinajstić information content (AvgIpc) is 2.87. The molecule has 0 spiro atoms. The molecular formula is C27H45NO2S. The SMILES string of the molecule is C/C=C\C(=C(/CC)OC)C(C)C.C=C.CSC1=C(C)CC=C(NC(=O)C(C)C)C=C1C. The van der Waals surface area contributed by atoms with E-state index < -0.39 is 0 Å². The van der Waals surface area contributed by atoms with Gasteiger partial charge in [-0.3, -0.25) is 4.79 Å². The van der Waals surface area contributed by atoms with Crippen LogP contribution >= 0.6 is 11.8 Å². The highest BCUT2D eigenvalue weighted by molar-refractivity contribution is 8.02. The van der Waals surface area contributed by atoms with E-state index in [4.69, 9.17) is 4.74 Å². The van der Waals surface area contributed by atoms with Crippen LogP contribution in [0.25, 0.3) is 0 Å². The van der Waals surface area contributed by atoms with Gasteiger partial charge in [0.2, 0.25) is 5.91 Å². The molecule has 0 saturated carbocycles. The predicted molar refractivity (Wildman–Crippen MR) is 141 cm³/mol. The number of ether oxygens (including phenoxy) is 1. The molecule has 0 saturated heterocycles. The Kier molecular flexibility index (Phi) is 17.9. The van der Waals surface area contributed by atoms with Crippen molar-refractivity contribution in [2.24, 2.45) is 11.8 Å². The number of hydrogen-bond acceptors (Lipinski definition) is 3. The minimum Gasteiger partial charge on any atom is -0.501 e. The number of carbonyl (C=O) groups is 1. The number of nitrogens with one attached hydrogen (secondary N) is 1. The van der Waals surface area contributed by atoms with E-state index >= 15 is 0 Å². The Hall–Kier alpha value is -1.94. The maximum absolute atomic E-state index is 11.7. The van der Waals surface area contributed by atoms with Crippen molar-refractivity contribution in [1.82, 2.24) is 5.32 Å². The fourth-order valence-electron chi connectivity index (χ4n) is 3.01. The monoisotopic (exact) mass is 447 g/mol. The van der Waals surface area contributed by atoms with Gasteiger partial charge in [-0.2, -0.15) is 0 Å². The third-order valence-corrected chi connectivity index (χ3v) is 5.68. The Morgan fingerprint density at radius 3 is 2.19 bits per heavy atom. The lowest BCUT2D eigenvalue weighted by atomic mass is 10.0. The van der Waals surface area contributed by atoms with E-state index in [0.717, 1.165) is 24.3 Å². The highest BCUT2D eigenvalue weighted by Crippen LogP contribution is 2.30. The number of carbonyl (C=O) groups excluding carboxylic acids is 1. The first-order chi connectivity index (χ1) is 14.6.